The van der Waals surface area contributed by atoms with Crippen molar-refractivity contribution in [2.24, 2.45) is 5.92 Å². The van der Waals surface area contributed by atoms with E-state index in [0.717, 1.165) is 78.1 Å². The van der Waals surface area contributed by atoms with Crippen LogP contribution in [0.15, 0.2) is 83.0 Å². The summed E-state index contributed by atoms with van der Waals surface area (Å²) >= 11 is 7.89. The number of likely N-dealkylation sites (tertiary alicyclic amines) is 1. The first-order valence-corrected chi connectivity index (χ1v) is 22.8. The molecule has 2 unspecified atom stereocenters. The van der Waals surface area contributed by atoms with Gasteiger partial charge in [-0.05, 0) is 93.1 Å². The lowest BCUT2D eigenvalue weighted by atomic mass is 9.53. The van der Waals surface area contributed by atoms with E-state index in [-0.39, 0.29) is 29.1 Å². The van der Waals surface area contributed by atoms with Crippen LogP contribution in [0.5, 0.6) is 11.5 Å². The number of allylic oxidation sites excluding steroid dienone is 1. The molecule has 0 aromatic heterocycles. The fraction of sp³-hybridized carbons (Fsp3) is 0.511. The van der Waals surface area contributed by atoms with Gasteiger partial charge in [0.2, 0.25) is 0 Å². The van der Waals surface area contributed by atoms with Crippen molar-refractivity contribution >= 4 is 51.2 Å². The maximum absolute atomic E-state index is 13.3. The van der Waals surface area contributed by atoms with Crippen LogP contribution in [0, 0.1) is 5.92 Å². The van der Waals surface area contributed by atoms with Crippen LogP contribution in [0.25, 0.3) is 0 Å². The van der Waals surface area contributed by atoms with Crippen molar-refractivity contribution in [2.45, 2.75) is 92.4 Å². The highest BCUT2D eigenvalue weighted by atomic mass is 79.9. The van der Waals surface area contributed by atoms with E-state index in [1.807, 2.05) is 29.6 Å². The summed E-state index contributed by atoms with van der Waals surface area (Å²) in [6, 6.07) is 23.6. The van der Waals surface area contributed by atoms with E-state index in [0.29, 0.717) is 49.2 Å². The number of Topliss-reactive ketones (excluding diaryl/α,β-unsaturated/α-hetero) is 1. The molecule has 1 fully saturated rings. The second-order valence-corrected chi connectivity index (χ2v) is 18.3. The van der Waals surface area contributed by atoms with Gasteiger partial charge in [-0.2, -0.15) is 23.5 Å². The molecule has 3 aliphatic rings. The first-order valence-electron chi connectivity index (χ1n) is 19.8. The van der Waals surface area contributed by atoms with Crippen molar-refractivity contribution in [3.05, 3.63) is 105 Å². The predicted octanol–water partition coefficient (Wildman–Crippen LogP) is 9.96. The summed E-state index contributed by atoms with van der Waals surface area (Å²) in [6.07, 6.45) is 10.2. The molecule has 2 aliphatic carbocycles. The minimum atomic E-state index is -0.381. The molecule has 1 aliphatic heterocycles. The number of ether oxygens (including phenoxy) is 4. The molecule has 296 valence electrons. The van der Waals surface area contributed by atoms with Crippen LogP contribution in [0.4, 0.5) is 0 Å². The van der Waals surface area contributed by atoms with E-state index in [4.69, 9.17) is 18.9 Å². The number of ketones is 1. The molecule has 0 saturated carbocycles. The van der Waals surface area contributed by atoms with Crippen molar-refractivity contribution in [3.63, 3.8) is 0 Å². The number of likely N-dealkylation sites (N-methyl/N-ethyl adjacent to an activating group) is 1. The van der Waals surface area contributed by atoms with Gasteiger partial charge in [0.05, 0.1) is 27.4 Å². The third kappa shape index (κ3) is 10.5. The van der Waals surface area contributed by atoms with Gasteiger partial charge >= 0.3 is 5.97 Å². The Bertz CT molecular complexity index is 1760. The molecule has 3 aromatic carbocycles. The molecule has 4 atom stereocenters. The molecule has 10 heteroatoms. The van der Waals surface area contributed by atoms with Crippen LogP contribution in [0.1, 0.15) is 80.0 Å². The van der Waals surface area contributed by atoms with Crippen LogP contribution in [-0.2, 0) is 42.4 Å². The van der Waals surface area contributed by atoms with Crippen LogP contribution in [0.3, 0.4) is 0 Å². The van der Waals surface area contributed by atoms with E-state index in [9.17, 15) is 9.59 Å². The molecule has 7 nitrogen and oxygen atoms in total. The quantitative estimate of drug-likeness (QED) is 0.0770. The van der Waals surface area contributed by atoms with Crippen molar-refractivity contribution < 1.29 is 28.5 Å². The number of unbranched alkanes of at least 4 members (excludes halogenated alkanes) is 2. The summed E-state index contributed by atoms with van der Waals surface area (Å²) < 4.78 is 24.6. The third-order valence-corrected chi connectivity index (χ3v) is 14.7. The fourth-order valence-corrected chi connectivity index (χ4v) is 11.5. The van der Waals surface area contributed by atoms with Crippen LogP contribution < -0.4 is 9.47 Å². The molecule has 0 spiro atoms. The Morgan fingerprint density at radius 1 is 0.945 bits per heavy atom. The predicted molar refractivity (Wildman–Crippen MR) is 228 cm³/mol. The number of fused-ring (bicyclic) bond motifs is 1. The number of rotatable bonds is 21. The fourth-order valence-electron chi connectivity index (χ4n) is 8.54. The van der Waals surface area contributed by atoms with E-state index in [2.05, 4.69) is 94.6 Å². The standard InChI is InChI=1S/C45H56BrNO6S2/c1-47-22-21-45-29-39(48)40(50-2)27-36(45)38(47)26-35-37(46)28-41(51-3)44(43(35)45)53-24-13-12-23-52-42(49)19-11-10-18-34(55-31-33-16-8-5-9-17-33)20-25-54-30-32-14-6-4-7-15-32/h4-9,14-17,27-28,34,36,38H,10-13,18-26,29-31H2,1-3H3/t34?,36?,38-,45+/m0/s1. The second-order valence-electron chi connectivity index (χ2n) is 15.0. The molecule has 0 radical (unpaired) electrons. The zero-order valence-electron chi connectivity index (χ0n) is 32.6. The highest BCUT2D eigenvalue weighted by molar-refractivity contribution is 9.10. The summed E-state index contributed by atoms with van der Waals surface area (Å²) in [5, 5.41) is 0.568. The van der Waals surface area contributed by atoms with E-state index < -0.39 is 0 Å². The molecular weight excluding hydrogens is 795 g/mol. The zero-order chi connectivity index (χ0) is 38.6. The van der Waals surface area contributed by atoms with Crippen LogP contribution >= 0.6 is 39.5 Å². The zero-order valence-corrected chi connectivity index (χ0v) is 35.8. The highest BCUT2D eigenvalue weighted by Gasteiger charge is 2.57. The molecule has 1 heterocycles. The second kappa shape index (κ2) is 20.5. The number of hydrogen-bond acceptors (Lipinski definition) is 9. The van der Waals surface area contributed by atoms with Gasteiger partial charge in [0.15, 0.2) is 23.0 Å². The first-order chi connectivity index (χ1) is 26.8. The van der Waals surface area contributed by atoms with E-state index in [1.165, 1.54) is 23.1 Å². The van der Waals surface area contributed by atoms with Crippen molar-refractivity contribution in [1.82, 2.24) is 4.90 Å². The Hall–Kier alpha value is -2.92. The minimum Gasteiger partial charge on any atom is -0.493 e. The van der Waals surface area contributed by atoms with Gasteiger partial charge in [0.1, 0.15) is 0 Å². The Balaban J connectivity index is 0.953. The number of halogens is 1. The third-order valence-electron chi connectivity index (χ3n) is 11.5. The van der Waals surface area contributed by atoms with E-state index in [1.54, 1.807) is 14.2 Å². The summed E-state index contributed by atoms with van der Waals surface area (Å²) in [4.78, 5) is 28.4. The lowest BCUT2D eigenvalue weighted by molar-refractivity contribution is -0.144. The smallest absolute Gasteiger partial charge is 0.305 e. The summed E-state index contributed by atoms with van der Waals surface area (Å²) in [5.74, 6) is 5.13. The number of benzene rings is 3. The summed E-state index contributed by atoms with van der Waals surface area (Å²) in [6.45, 7) is 1.75. The SMILES string of the molecule is COC1=CC2[C@@H]3Cc4c(Br)cc(OC)c(OCCCCOC(=O)CCCCC(CCSCc5ccccc5)SCc5ccccc5)c4[C@]2(CCN3C)CC1=O. The minimum absolute atomic E-state index is 0.0389. The summed E-state index contributed by atoms with van der Waals surface area (Å²) in [5.41, 5.74) is 4.66. The summed E-state index contributed by atoms with van der Waals surface area (Å²) in [7, 11) is 5.43. The van der Waals surface area contributed by atoms with E-state index >= 15 is 0 Å². The maximum atomic E-state index is 13.3. The van der Waals surface area contributed by atoms with Gasteiger partial charge < -0.3 is 23.8 Å². The van der Waals surface area contributed by atoms with Crippen molar-refractivity contribution in [3.8, 4) is 11.5 Å². The largest absolute Gasteiger partial charge is 0.493 e. The monoisotopic (exact) mass is 849 g/mol. The highest BCUT2D eigenvalue weighted by Crippen LogP contribution is 2.59. The molecule has 0 N–H and O–H groups in total. The lowest BCUT2D eigenvalue weighted by Crippen LogP contribution is -2.60. The molecule has 2 bridgehead atoms. The average Bonchev–Trinajstić information content (AvgIpc) is 3.20. The van der Waals surface area contributed by atoms with Gasteiger partial charge in [-0.1, -0.05) is 83.0 Å². The number of carbonyl (C=O) groups is 2. The lowest BCUT2D eigenvalue weighted by Gasteiger charge is -2.57. The Kier molecular flexibility index (Phi) is 15.5. The van der Waals surface area contributed by atoms with Gasteiger partial charge in [-0.15, -0.1) is 0 Å². The number of carbonyl (C=O) groups excluding carboxylic acids is 2. The van der Waals surface area contributed by atoms with Gasteiger partial charge in [0, 0.05) is 57.0 Å². The number of hydrogen-bond donors (Lipinski definition) is 0. The molecule has 6 rings (SSSR count). The average molecular weight is 851 g/mol. The molecular formula is C45H56BrNO6S2. The number of thioether (sulfide) groups is 2. The maximum Gasteiger partial charge on any atom is 0.305 e. The number of methoxy groups -OCH3 is 2. The normalized spacial score (nSPS) is 20.9. The van der Waals surface area contributed by atoms with Crippen molar-refractivity contribution in [1.29, 1.82) is 0 Å². The Labute approximate surface area is 344 Å². The molecule has 55 heavy (non-hydrogen) atoms. The van der Waals surface area contributed by atoms with Gasteiger partial charge in [-0.25, -0.2) is 0 Å². The molecule has 0 amide bonds. The van der Waals surface area contributed by atoms with Gasteiger partial charge in [0.25, 0.3) is 0 Å². The molecule has 3 aromatic rings. The Morgan fingerprint density at radius 3 is 2.40 bits per heavy atom. The molecule has 1 saturated heterocycles. The Morgan fingerprint density at radius 2 is 1.67 bits per heavy atom. The number of esters is 1. The number of piperidine rings is 1. The first kappa shape index (κ1) is 41.7. The van der Waals surface area contributed by atoms with Gasteiger partial charge in [-0.3, -0.25) is 9.59 Å². The number of nitrogens with zero attached hydrogens (tertiary/aromatic N) is 1. The van der Waals surface area contributed by atoms with Crippen LogP contribution in [0.2, 0.25) is 0 Å². The van der Waals surface area contributed by atoms with Crippen molar-refractivity contribution in [2.75, 3.05) is 46.8 Å². The topological polar surface area (TPSA) is 74.3 Å². The van der Waals surface area contributed by atoms with Crippen LogP contribution in [-0.4, -0.2) is 74.7 Å².